The van der Waals surface area contributed by atoms with E-state index in [1.165, 1.54) is 37.7 Å². The molecule has 1 nitrogen and oxygen atoms in total. The molecule has 0 saturated heterocycles. The first-order valence-corrected chi connectivity index (χ1v) is 9.13. The van der Waals surface area contributed by atoms with Gasteiger partial charge in [0.05, 0.1) is 0 Å². The van der Waals surface area contributed by atoms with Gasteiger partial charge in [0.25, 0.3) is 0 Å². The summed E-state index contributed by atoms with van der Waals surface area (Å²) in [5, 5.41) is 0. The summed E-state index contributed by atoms with van der Waals surface area (Å²) in [5.41, 5.74) is 4.54. The summed E-state index contributed by atoms with van der Waals surface area (Å²) in [6, 6.07) is 0. The van der Waals surface area contributed by atoms with Gasteiger partial charge in [-0.3, -0.25) is 4.79 Å². The van der Waals surface area contributed by atoms with Gasteiger partial charge in [-0.1, -0.05) is 36.8 Å². The van der Waals surface area contributed by atoms with Crippen LogP contribution >= 0.6 is 0 Å². The van der Waals surface area contributed by atoms with Crippen molar-refractivity contribution < 1.29 is 4.79 Å². The standard InChI is InChI=1S/C21H28O/c1-4-15-16-7-8-19-17(18(16)12-20(15)22)6-5-14-11-13(2)9-10-21(14,19)3/h4,11,16-19H,2,5-10,12H2,1,3H3/b15-4+/t16?,17?,18?,19?,21-/m0/s1. The minimum Gasteiger partial charge on any atom is -0.295 e. The van der Waals surface area contributed by atoms with Crippen LogP contribution in [0.5, 0.6) is 0 Å². The van der Waals surface area contributed by atoms with Crippen LogP contribution in [-0.2, 0) is 4.79 Å². The fraction of sp³-hybridized carbons (Fsp3) is 0.667. The molecule has 4 unspecified atom stereocenters. The molecule has 118 valence electrons. The minimum absolute atomic E-state index is 0.386. The average Bonchev–Trinajstić information content (AvgIpc) is 2.83. The molecule has 4 aliphatic carbocycles. The summed E-state index contributed by atoms with van der Waals surface area (Å²) in [7, 11) is 0. The second kappa shape index (κ2) is 4.94. The molecule has 0 aromatic carbocycles. The molecule has 4 aliphatic rings. The third kappa shape index (κ3) is 1.87. The second-order valence-corrected chi connectivity index (χ2v) is 8.27. The summed E-state index contributed by atoms with van der Waals surface area (Å²) in [6.07, 6.45) is 12.9. The third-order valence-corrected chi connectivity index (χ3v) is 7.47. The fourth-order valence-electron chi connectivity index (χ4n) is 6.35. The van der Waals surface area contributed by atoms with E-state index in [4.69, 9.17) is 0 Å². The molecule has 5 atom stereocenters. The summed E-state index contributed by atoms with van der Waals surface area (Å²) < 4.78 is 0. The van der Waals surface area contributed by atoms with Gasteiger partial charge in [-0.25, -0.2) is 0 Å². The van der Waals surface area contributed by atoms with Gasteiger partial charge < -0.3 is 0 Å². The van der Waals surface area contributed by atoms with E-state index in [9.17, 15) is 4.79 Å². The van der Waals surface area contributed by atoms with Crippen LogP contribution in [0.3, 0.4) is 0 Å². The second-order valence-electron chi connectivity index (χ2n) is 8.27. The quantitative estimate of drug-likeness (QED) is 0.559. The molecule has 0 heterocycles. The zero-order chi connectivity index (χ0) is 15.5. The molecule has 0 N–H and O–H groups in total. The predicted molar refractivity (Wildman–Crippen MR) is 90.4 cm³/mol. The first-order chi connectivity index (χ1) is 10.5. The number of hydrogen-bond donors (Lipinski definition) is 0. The maximum atomic E-state index is 12.4. The lowest BCUT2D eigenvalue weighted by molar-refractivity contribution is -0.115. The largest absolute Gasteiger partial charge is 0.295 e. The van der Waals surface area contributed by atoms with Crippen molar-refractivity contribution in [3.8, 4) is 0 Å². The van der Waals surface area contributed by atoms with E-state index in [-0.39, 0.29) is 0 Å². The van der Waals surface area contributed by atoms with Crippen molar-refractivity contribution in [2.45, 2.75) is 58.8 Å². The summed E-state index contributed by atoms with van der Waals surface area (Å²) in [4.78, 5) is 12.4. The van der Waals surface area contributed by atoms with Gasteiger partial charge in [0.15, 0.2) is 5.78 Å². The smallest absolute Gasteiger partial charge is 0.159 e. The third-order valence-electron chi connectivity index (χ3n) is 7.47. The monoisotopic (exact) mass is 296 g/mol. The molecule has 3 saturated carbocycles. The molecule has 0 aromatic heterocycles. The number of Topliss-reactive ketones (excluding diaryl/α,β-unsaturated/α-hetero) is 1. The number of fused-ring (bicyclic) bond motifs is 5. The van der Waals surface area contributed by atoms with E-state index in [2.05, 4.69) is 32.6 Å². The van der Waals surface area contributed by atoms with E-state index < -0.39 is 0 Å². The summed E-state index contributed by atoms with van der Waals surface area (Å²) >= 11 is 0. The van der Waals surface area contributed by atoms with Gasteiger partial charge in [-0.05, 0) is 80.1 Å². The van der Waals surface area contributed by atoms with Crippen LogP contribution in [0, 0.1) is 29.1 Å². The molecule has 0 amide bonds. The molecule has 0 radical (unpaired) electrons. The Labute approximate surface area is 134 Å². The highest BCUT2D eigenvalue weighted by Crippen LogP contribution is 2.62. The zero-order valence-corrected chi connectivity index (χ0v) is 14.0. The van der Waals surface area contributed by atoms with E-state index >= 15 is 0 Å². The van der Waals surface area contributed by atoms with Crippen LogP contribution in [0.4, 0.5) is 0 Å². The molecule has 0 bridgehead atoms. The van der Waals surface area contributed by atoms with Gasteiger partial charge >= 0.3 is 0 Å². The number of allylic oxidation sites excluding steroid dienone is 5. The van der Waals surface area contributed by atoms with Crippen molar-refractivity contribution >= 4 is 5.78 Å². The van der Waals surface area contributed by atoms with Crippen LogP contribution in [0.25, 0.3) is 0 Å². The van der Waals surface area contributed by atoms with Gasteiger partial charge in [0.2, 0.25) is 0 Å². The van der Waals surface area contributed by atoms with Gasteiger partial charge in [-0.2, -0.15) is 0 Å². The highest BCUT2D eigenvalue weighted by Gasteiger charge is 2.54. The van der Waals surface area contributed by atoms with Gasteiger partial charge in [0, 0.05) is 6.42 Å². The van der Waals surface area contributed by atoms with Crippen LogP contribution in [-0.4, -0.2) is 5.78 Å². The maximum Gasteiger partial charge on any atom is 0.159 e. The van der Waals surface area contributed by atoms with Crippen molar-refractivity contribution in [1.82, 2.24) is 0 Å². The Hall–Kier alpha value is -1.11. The SMILES string of the molecule is C=C1C=C2CCC3C4CC(=O)/C(=C/C)C4CCC3[C@@]2(C)CC1. The average molecular weight is 296 g/mol. The lowest BCUT2D eigenvalue weighted by Gasteiger charge is -2.55. The lowest BCUT2D eigenvalue weighted by atomic mass is 9.50. The number of ketones is 1. The summed E-state index contributed by atoms with van der Waals surface area (Å²) in [5.74, 6) is 3.23. The molecule has 0 aliphatic heterocycles. The Morgan fingerprint density at radius 1 is 1.23 bits per heavy atom. The van der Waals surface area contributed by atoms with E-state index in [0.717, 1.165) is 30.3 Å². The Balaban J connectivity index is 1.68. The predicted octanol–water partition coefficient (Wildman–Crippen LogP) is 5.24. The Morgan fingerprint density at radius 3 is 2.82 bits per heavy atom. The molecule has 0 spiro atoms. The Bertz CT molecular complexity index is 593. The molecular formula is C21H28O. The van der Waals surface area contributed by atoms with Crippen molar-refractivity contribution in [1.29, 1.82) is 0 Å². The molecular weight excluding hydrogens is 268 g/mol. The van der Waals surface area contributed by atoms with Crippen molar-refractivity contribution in [3.63, 3.8) is 0 Å². The normalized spacial score (nSPS) is 46.1. The van der Waals surface area contributed by atoms with Crippen LogP contribution in [0.15, 0.2) is 35.5 Å². The highest BCUT2D eigenvalue weighted by molar-refractivity contribution is 5.98. The molecule has 22 heavy (non-hydrogen) atoms. The van der Waals surface area contributed by atoms with Crippen LogP contribution < -0.4 is 0 Å². The van der Waals surface area contributed by atoms with E-state index in [0.29, 0.717) is 23.0 Å². The molecule has 3 fully saturated rings. The highest BCUT2D eigenvalue weighted by atomic mass is 16.1. The van der Waals surface area contributed by atoms with Crippen LogP contribution in [0.2, 0.25) is 0 Å². The number of hydrogen-bond acceptors (Lipinski definition) is 1. The molecule has 4 rings (SSSR count). The van der Waals surface area contributed by atoms with Crippen molar-refractivity contribution in [2.24, 2.45) is 29.1 Å². The first kappa shape index (κ1) is 14.5. The number of carbonyl (C=O) groups is 1. The topological polar surface area (TPSA) is 17.1 Å². The molecule has 0 aromatic rings. The van der Waals surface area contributed by atoms with E-state index in [1.807, 2.05) is 0 Å². The molecule has 1 heteroatoms. The Morgan fingerprint density at radius 2 is 2.05 bits per heavy atom. The lowest BCUT2D eigenvalue weighted by Crippen LogP contribution is -2.46. The number of rotatable bonds is 0. The fourth-order valence-corrected chi connectivity index (χ4v) is 6.35. The van der Waals surface area contributed by atoms with Gasteiger partial charge in [0.1, 0.15) is 0 Å². The number of carbonyl (C=O) groups excluding carboxylic acids is 1. The first-order valence-electron chi connectivity index (χ1n) is 9.13. The maximum absolute atomic E-state index is 12.4. The Kier molecular flexibility index (Phi) is 3.25. The minimum atomic E-state index is 0.386. The summed E-state index contributed by atoms with van der Waals surface area (Å²) in [6.45, 7) is 8.76. The zero-order valence-electron chi connectivity index (χ0n) is 14.0. The van der Waals surface area contributed by atoms with E-state index in [1.54, 1.807) is 5.57 Å². The van der Waals surface area contributed by atoms with Crippen molar-refractivity contribution in [3.05, 3.63) is 35.5 Å². The van der Waals surface area contributed by atoms with Crippen molar-refractivity contribution in [2.75, 3.05) is 0 Å². The van der Waals surface area contributed by atoms with Crippen LogP contribution in [0.1, 0.15) is 58.8 Å². The van der Waals surface area contributed by atoms with Gasteiger partial charge in [-0.15, -0.1) is 0 Å².